The maximum Gasteiger partial charge on any atom is 0.189 e. The molecular formula is C38H29Cl2NO5. The summed E-state index contributed by atoms with van der Waals surface area (Å²) < 4.78 is 24.5. The minimum atomic E-state index is -0.831. The Morgan fingerprint density at radius 3 is 1.35 bits per heavy atom. The second-order valence-corrected chi connectivity index (χ2v) is 12.5. The minimum Gasteiger partial charge on any atom is -0.497 e. The van der Waals surface area contributed by atoms with Gasteiger partial charge in [-0.2, -0.15) is 0 Å². The molecule has 0 aliphatic carbocycles. The van der Waals surface area contributed by atoms with Gasteiger partial charge in [0.2, 0.25) is 0 Å². The van der Waals surface area contributed by atoms with Gasteiger partial charge in [-0.25, -0.2) is 0 Å². The van der Waals surface area contributed by atoms with Crippen molar-refractivity contribution in [2.45, 2.75) is 24.3 Å². The molecule has 6 nitrogen and oxygen atoms in total. The van der Waals surface area contributed by atoms with Crippen molar-refractivity contribution in [1.29, 1.82) is 0 Å². The van der Waals surface area contributed by atoms with Crippen LogP contribution in [0.3, 0.4) is 0 Å². The summed E-state index contributed by atoms with van der Waals surface area (Å²) in [7, 11) is 3.31. The van der Waals surface area contributed by atoms with Gasteiger partial charge in [0.05, 0.1) is 26.1 Å². The van der Waals surface area contributed by atoms with Crippen LogP contribution in [-0.4, -0.2) is 36.9 Å². The summed E-state index contributed by atoms with van der Waals surface area (Å²) in [5, 5.41) is 18.9. The molecule has 6 aromatic carbocycles. The highest BCUT2D eigenvalue weighted by atomic mass is 35.5. The van der Waals surface area contributed by atoms with Crippen molar-refractivity contribution in [2.75, 3.05) is 14.2 Å². The van der Waals surface area contributed by atoms with E-state index in [9.17, 15) is 5.21 Å². The number of fused-ring (bicyclic) bond motifs is 6. The molecule has 0 radical (unpaired) electrons. The first-order valence-electron chi connectivity index (χ1n) is 15.0. The van der Waals surface area contributed by atoms with Crippen LogP contribution in [0.15, 0.2) is 109 Å². The van der Waals surface area contributed by atoms with Crippen molar-refractivity contribution in [2.24, 2.45) is 0 Å². The number of benzene rings is 6. The summed E-state index contributed by atoms with van der Waals surface area (Å²) in [5.41, 5.74) is 3.79. The predicted molar refractivity (Wildman–Crippen MR) is 180 cm³/mol. The van der Waals surface area contributed by atoms with Crippen LogP contribution in [0.4, 0.5) is 0 Å². The third-order valence-corrected chi connectivity index (χ3v) is 9.63. The summed E-state index contributed by atoms with van der Waals surface area (Å²) in [4.78, 5) is 0. The Bertz CT molecular complexity index is 1950. The molecule has 2 heterocycles. The third kappa shape index (κ3) is 4.72. The number of ether oxygens (including phenoxy) is 4. The summed E-state index contributed by atoms with van der Waals surface area (Å²) in [5.74, 6) is 2.06. The van der Waals surface area contributed by atoms with E-state index >= 15 is 0 Å². The predicted octanol–water partition coefficient (Wildman–Crippen LogP) is 9.41. The molecule has 0 spiro atoms. The van der Waals surface area contributed by atoms with Crippen LogP contribution >= 0.6 is 23.2 Å². The molecule has 8 rings (SSSR count). The van der Waals surface area contributed by atoms with E-state index < -0.39 is 12.5 Å². The zero-order valence-corrected chi connectivity index (χ0v) is 26.5. The molecule has 46 heavy (non-hydrogen) atoms. The SMILES string of the molecule is COc1ccc2ccc3c(c2c1)[C@H](c1ccc(Cl)cc1)[C@@H](N(O)[C@H]1Oc2ccc4ccc(OC)cc4c2[C@@H]1c1ccc(Cl)cc1)O3. The van der Waals surface area contributed by atoms with E-state index in [2.05, 4.69) is 0 Å². The van der Waals surface area contributed by atoms with Gasteiger partial charge < -0.3 is 24.2 Å². The Balaban J connectivity index is 1.29. The molecule has 230 valence electrons. The van der Waals surface area contributed by atoms with Crippen LogP contribution in [0.1, 0.15) is 34.1 Å². The zero-order chi connectivity index (χ0) is 31.5. The maximum absolute atomic E-state index is 12.4. The monoisotopic (exact) mass is 649 g/mol. The van der Waals surface area contributed by atoms with Crippen molar-refractivity contribution >= 4 is 44.7 Å². The van der Waals surface area contributed by atoms with Gasteiger partial charge in [0.1, 0.15) is 23.0 Å². The molecule has 2 aliphatic heterocycles. The number of nitrogens with zero attached hydrogens (tertiary/aromatic N) is 1. The zero-order valence-electron chi connectivity index (χ0n) is 25.0. The Labute approximate surface area is 276 Å². The lowest BCUT2D eigenvalue weighted by Crippen LogP contribution is -2.49. The van der Waals surface area contributed by atoms with E-state index in [1.165, 1.54) is 5.06 Å². The molecule has 0 unspecified atom stereocenters. The number of methoxy groups -OCH3 is 2. The van der Waals surface area contributed by atoms with Gasteiger partial charge in [0, 0.05) is 21.2 Å². The van der Waals surface area contributed by atoms with Crippen molar-refractivity contribution in [3.63, 3.8) is 0 Å². The fraction of sp³-hybridized carbons (Fsp3) is 0.158. The molecule has 8 heteroatoms. The van der Waals surface area contributed by atoms with Crippen molar-refractivity contribution in [3.8, 4) is 23.0 Å². The normalized spacial score (nSPS) is 20.0. The highest BCUT2D eigenvalue weighted by molar-refractivity contribution is 6.30. The quantitative estimate of drug-likeness (QED) is 0.181. The van der Waals surface area contributed by atoms with E-state index in [1.807, 2.05) is 109 Å². The summed E-state index contributed by atoms with van der Waals surface area (Å²) >= 11 is 12.7. The lowest BCUT2D eigenvalue weighted by Gasteiger charge is -2.33. The van der Waals surface area contributed by atoms with Crippen LogP contribution < -0.4 is 18.9 Å². The largest absolute Gasteiger partial charge is 0.497 e. The van der Waals surface area contributed by atoms with E-state index in [4.69, 9.17) is 42.1 Å². The fourth-order valence-corrected chi connectivity index (χ4v) is 7.20. The molecule has 6 aromatic rings. The molecule has 0 saturated carbocycles. The van der Waals surface area contributed by atoms with Crippen LogP contribution in [0.25, 0.3) is 21.5 Å². The van der Waals surface area contributed by atoms with E-state index in [0.29, 0.717) is 21.5 Å². The molecule has 0 saturated heterocycles. The summed E-state index contributed by atoms with van der Waals surface area (Å²) in [6, 6.07) is 35.3. The lowest BCUT2D eigenvalue weighted by atomic mass is 9.85. The number of hydroxylamine groups is 2. The summed E-state index contributed by atoms with van der Waals surface area (Å²) in [6.45, 7) is 0. The molecule has 2 aliphatic rings. The molecule has 0 bridgehead atoms. The van der Waals surface area contributed by atoms with E-state index in [0.717, 1.165) is 55.3 Å². The van der Waals surface area contributed by atoms with Gasteiger partial charge in [-0.05, 0) is 93.3 Å². The molecule has 1 N–H and O–H groups in total. The first kappa shape index (κ1) is 29.0. The van der Waals surface area contributed by atoms with Gasteiger partial charge in [-0.3, -0.25) is 0 Å². The Kier molecular flexibility index (Phi) is 7.19. The Morgan fingerprint density at radius 1 is 0.565 bits per heavy atom. The number of hydrogen-bond acceptors (Lipinski definition) is 6. The third-order valence-electron chi connectivity index (χ3n) is 9.13. The van der Waals surface area contributed by atoms with Gasteiger partial charge >= 0.3 is 0 Å². The average Bonchev–Trinajstić information content (AvgIpc) is 3.68. The molecule has 0 aromatic heterocycles. The van der Waals surface area contributed by atoms with Gasteiger partial charge in [0.25, 0.3) is 0 Å². The van der Waals surface area contributed by atoms with Crippen LogP contribution in [-0.2, 0) is 0 Å². The Morgan fingerprint density at radius 2 is 0.957 bits per heavy atom. The van der Waals surface area contributed by atoms with Crippen LogP contribution in [0.2, 0.25) is 10.0 Å². The first-order valence-corrected chi connectivity index (χ1v) is 15.7. The number of rotatable bonds is 6. The Hall–Kier alpha value is -4.46. The fourth-order valence-electron chi connectivity index (χ4n) is 6.95. The van der Waals surface area contributed by atoms with Crippen molar-refractivity contribution in [1.82, 2.24) is 5.06 Å². The van der Waals surface area contributed by atoms with E-state index in [-0.39, 0.29) is 11.8 Å². The van der Waals surface area contributed by atoms with E-state index in [1.54, 1.807) is 14.2 Å². The second kappa shape index (κ2) is 11.4. The van der Waals surface area contributed by atoms with Crippen LogP contribution in [0.5, 0.6) is 23.0 Å². The molecular weight excluding hydrogens is 621 g/mol. The number of halogens is 2. The van der Waals surface area contributed by atoms with Gasteiger partial charge in [-0.1, -0.05) is 71.7 Å². The first-order chi connectivity index (χ1) is 22.4. The maximum atomic E-state index is 12.4. The average molecular weight is 651 g/mol. The van der Waals surface area contributed by atoms with Crippen molar-refractivity contribution in [3.05, 3.63) is 141 Å². The van der Waals surface area contributed by atoms with Crippen LogP contribution in [0, 0.1) is 0 Å². The van der Waals surface area contributed by atoms with Crippen molar-refractivity contribution < 1.29 is 24.2 Å². The number of hydrogen-bond donors (Lipinski definition) is 1. The molecule has 4 atom stereocenters. The second-order valence-electron chi connectivity index (χ2n) is 11.6. The summed E-state index contributed by atoms with van der Waals surface area (Å²) in [6.07, 6.45) is -1.66. The van der Waals surface area contributed by atoms with Gasteiger partial charge in [0.15, 0.2) is 12.5 Å². The highest BCUT2D eigenvalue weighted by Crippen LogP contribution is 2.52. The molecule has 0 fully saturated rings. The topological polar surface area (TPSA) is 60.4 Å². The minimum absolute atomic E-state index is 0.386. The highest BCUT2D eigenvalue weighted by Gasteiger charge is 2.49. The standard InChI is InChI=1S/C38H29Cl2NO5/c1-43-27-15-7-21-9-17-31-35(29(21)19-27)33(23-3-11-25(39)12-4-23)37(45-31)41(42)38-34(24-5-13-26(40)14-6-24)36-30-20-28(44-2)16-8-22(30)10-18-32(36)46-38/h3-20,33-34,37-38,42H,1-2H3/t33-,34-,37-,38-/m0/s1. The molecule has 0 amide bonds. The van der Waals surface area contributed by atoms with Gasteiger partial charge in [-0.15, -0.1) is 5.06 Å². The smallest absolute Gasteiger partial charge is 0.189 e. The lowest BCUT2D eigenvalue weighted by molar-refractivity contribution is -0.251.